The van der Waals surface area contributed by atoms with Crippen molar-refractivity contribution in [2.75, 3.05) is 17.4 Å². The zero-order chi connectivity index (χ0) is 17.2. The number of anilines is 1. The molecule has 2 aromatic rings. The molecule has 1 heterocycles. The predicted octanol–water partition coefficient (Wildman–Crippen LogP) is 2.35. The van der Waals surface area contributed by atoms with Crippen molar-refractivity contribution in [1.82, 2.24) is 5.32 Å². The average molecular weight is 342 g/mol. The first-order chi connectivity index (χ1) is 11.5. The van der Waals surface area contributed by atoms with Crippen molar-refractivity contribution in [3.8, 4) is 0 Å². The molecule has 0 aliphatic carbocycles. The van der Waals surface area contributed by atoms with Crippen LogP contribution in [0, 0.1) is 0 Å². The van der Waals surface area contributed by atoms with E-state index in [4.69, 9.17) is 0 Å². The van der Waals surface area contributed by atoms with Gasteiger partial charge in [-0.05, 0) is 42.3 Å². The van der Waals surface area contributed by atoms with Crippen LogP contribution in [0.15, 0.2) is 66.1 Å². The number of carbonyl (C=O) groups is 1. The van der Waals surface area contributed by atoms with Crippen molar-refractivity contribution < 1.29 is 13.2 Å². The first-order valence-corrected chi connectivity index (χ1v) is 9.08. The van der Waals surface area contributed by atoms with Gasteiger partial charge in [0.1, 0.15) is 0 Å². The number of sulfonamides is 1. The Hall–Kier alpha value is -2.60. The molecule has 0 saturated heterocycles. The molecule has 0 bridgehead atoms. The van der Waals surface area contributed by atoms with Gasteiger partial charge in [-0.1, -0.05) is 24.3 Å². The molecule has 1 amide bonds. The minimum atomic E-state index is -3.63. The molecule has 124 valence electrons. The second-order valence-corrected chi connectivity index (χ2v) is 7.34. The Morgan fingerprint density at radius 2 is 1.88 bits per heavy atom. The summed E-state index contributed by atoms with van der Waals surface area (Å²) in [7, 11) is -3.63. The molecule has 6 heteroatoms. The van der Waals surface area contributed by atoms with Crippen molar-refractivity contribution in [3.63, 3.8) is 0 Å². The average Bonchev–Trinajstić information content (AvgIpc) is 3.04. The Morgan fingerprint density at radius 1 is 1.17 bits per heavy atom. The molecule has 1 aliphatic rings. The number of fused-ring (bicyclic) bond motifs is 1. The number of nitrogens with zero attached hydrogens (tertiary/aromatic N) is 1. The second-order valence-electron chi connectivity index (χ2n) is 5.48. The lowest BCUT2D eigenvalue weighted by Crippen LogP contribution is -2.29. The Morgan fingerprint density at radius 3 is 2.58 bits per heavy atom. The fraction of sp³-hybridized carbons (Fsp3) is 0.167. The Balaban J connectivity index is 1.86. The summed E-state index contributed by atoms with van der Waals surface area (Å²) in [5.41, 5.74) is 2.17. The molecule has 1 N–H and O–H groups in total. The number of amides is 1. The lowest BCUT2D eigenvalue weighted by Gasteiger charge is -2.19. The van der Waals surface area contributed by atoms with E-state index in [1.54, 1.807) is 6.08 Å². The maximum atomic E-state index is 12.9. The molecule has 0 atom stereocenters. The number of benzene rings is 2. The second kappa shape index (κ2) is 6.49. The van der Waals surface area contributed by atoms with Crippen LogP contribution < -0.4 is 9.62 Å². The number of hydrogen-bond donors (Lipinski definition) is 1. The van der Waals surface area contributed by atoms with Crippen LogP contribution in [0.25, 0.3) is 0 Å². The van der Waals surface area contributed by atoms with E-state index in [2.05, 4.69) is 11.9 Å². The topological polar surface area (TPSA) is 66.5 Å². The van der Waals surface area contributed by atoms with Crippen LogP contribution in [0.5, 0.6) is 0 Å². The molecule has 0 saturated carbocycles. The van der Waals surface area contributed by atoms with E-state index in [-0.39, 0.29) is 10.8 Å². The smallest absolute Gasteiger partial charge is 0.264 e. The molecule has 24 heavy (non-hydrogen) atoms. The number of para-hydroxylation sites is 1. The van der Waals surface area contributed by atoms with Gasteiger partial charge in [0.15, 0.2) is 0 Å². The molecule has 2 aromatic carbocycles. The van der Waals surface area contributed by atoms with Crippen molar-refractivity contribution in [3.05, 3.63) is 72.3 Å². The zero-order valence-corrected chi connectivity index (χ0v) is 13.9. The largest absolute Gasteiger partial charge is 0.349 e. The number of carbonyl (C=O) groups excluding carboxylic acids is 1. The summed E-state index contributed by atoms with van der Waals surface area (Å²) in [5.74, 6) is -0.259. The molecular weight excluding hydrogens is 324 g/mol. The predicted molar refractivity (Wildman–Crippen MR) is 93.7 cm³/mol. The molecule has 0 radical (unpaired) electrons. The summed E-state index contributed by atoms with van der Waals surface area (Å²) in [4.78, 5) is 12.0. The number of hydrogen-bond acceptors (Lipinski definition) is 3. The van der Waals surface area contributed by atoms with E-state index in [1.165, 1.54) is 28.6 Å². The van der Waals surface area contributed by atoms with Gasteiger partial charge in [-0.15, -0.1) is 6.58 Å². The van der Waals surface area contributed by atoms with E-state index in [0.29, 0.717) is 25.1 Å². The quantitative estimate of drug-likeness (QED) is 0.848. The summed E-state index contributed by atoms with van der Waals surface area (Å²) in [6.07, 6.45) is 2.29. The van der Waals surface area contributed by atoms with Gasteiger partial charge in [-0.25, -0.2) is 8.42 Å². The third kappa shape index (κ3) is 2.92. The third-order valence-corrected chi connectivity index (χ3v) is 5.78. The highest BCUT2D eigenvalue weighted by Crippen LogP contribution is 2.32. The summed E-state index contributed by atoms with van der Waals surface area (Å²) < 4.78 is 27.2. The van der Waals surface area contributed by atoms with E-state index >= 15 is 0 Å². The van der Waals surface area contributed by atoms with Crippen LogP contribution in [0.4, 0.5) is 5.69 Å². The lowest BCUT2D eigenvalue weighted by atomic mass is 10.2. The van der Waals surface area contributed by atoms with Gasteiger partial charge < -0.3 is 5.32 Å². The summed E-state index contributed by atoms with van der Waals surface area (Å²) in [5, 5.41) is 2.66. The lowest BCUT2D eigenvalue weighted by molar-refractivity contribution is 0.0958. The van der Waals surface area contributed by atoms with Gasteiger partial charge in [-0.3, -0.25) is 9.10 Å². The van der Waals surface area contributed by atoms with Gasteiger partial charge in [0.05, 0.1) is 10.6 Å². The number of rotatable bonds is 5. The van der Waals surface area contributed by atoms with E-state index < -0.39 is 10.0 Å². The Bertz CT molecular complexity index is 873. The highest BCUT2D eigenvalue weighted by atomic mass is 32.2. The molecule has 0 aromatic heterocycles. The van der Waals surface area contributed by atoms with Gasteiger partial charge in [-0.2, -0.15) is 0 Å². The first kappa shape index (κ1) is 16.3. The van der Waals surface area contributed by atoms with Gasteiger partial charge >= 0.3 is 0 Å². The maximum absolute atomic E-state index is 12.9. The molecule has 0 spiro atoms. The highest BCUT2D eigenvalue weighted by Gasteiger charge is 2.30. The van der Waals surface area contributed by atoms with Crippen LogP contribution in [0.3, 0.4) is 0 Å². The van der Waals surface area contributed by atoms with Crippen molar-refractivity contribution in [1.29, 1.82) is 0 Å². The van der Waals surface area contributed by atoms with E-state index in [1.807, 2.05) is 24.3 Å². The third-order valence-electron chi connectivity index (χ3n) is 3.96. The van der Waals surface area contributed by atoms with Gasteiger partial charge in [0.2, 0.25) is 0 Å². The fourth-order valence-corrected chi connectivity index (χ4v) is 4.23. The van der Waals surface area contributed by atoms with Gasteiger partial charge in [0.25, 0.3) is 15.9 Å². The highest BCUT2D eigenvalue weighted by molar-refractivity contribution is 7.92. The summed E-state index contributed by atoms with van der Waals surface area (Å²) >= 11 is 0. The van der Waals surface area contributed by atoms with Gasteiger partial charge in [0, 0.05) is 18.7 Å². The van der Waals surface area contributed by atoms with Crippen LogP contribution in [-0.4, -0.2) is 27.4 Å². The maximum Gasteiger partial charge on any atom is 0.264 e. The minimum Gasteiger partial charge on any atom is -0.349 e. The Kier molecular flexibility index (Phi) is 4.40. The summed E-state index contributed by atoms with van der Waals surface area (Å²) in [6, 6.07) is 13.5. The van der Waals surface area contributed by atoms with E-state index in [0.717, 1.165) is 11.3 Å². The normalized spacial score (nSPS) is 13.4. The standard InChI is InChI=1S/C18H18N2O3S/c1-2-12-19-18(21)15-7-9-16(10-8-15)24(22,23)20-13-11-14-5-3-4-6-17(14)20/h2-10H,1,11-13H2,(H,19,21). The van der Waals surface area contributed by atoms with Crippen LogP contribution in [0.2, 0.25) is 0 Å². The molecular formula is C18H18N2O3S. The fourth-order valence-electron chi connectivity index (χ4n) is 2.73. The minimum absolute atomic E-state index is 0.180. The van der Waals surface area contributed by atoms with Crippen LogP contribution in [-0.2, 0) is 16.4 Å². The SMILES string of the molecule is C=CCNC(=O)c1ccc(S(=O)(=O)N2CCc3ccccc32)cc1. The van der Waals surface area contributed by atoms with E-state index in [9.17, 15) is 13.2 Å². The number of nitrogens with one attached hydrogen (secondary N) is 1. The molecule has 0 fully saturated rings. The molecule has 1 aliphatic heterocycles. The molecule has 3 rings (SSSR count). The molecule has 5 nitrogen and oxygen atoms in total. The van der Waals surface area contributed by atoms with Crippen molar-refractivity contribution in [2.24, 2.45) is 0 Å². The van der Waals surface area contributed by atoms with Crippen LogP contribution >= 0.6 is 0 Å². The molecule has 0 unspecified atom stereocenters. The monoisotopic (exact) mass is 342 g/mol. The Labute approximate surface area is 141 Å². The van der Waals surface area contributed by atoms with Crippen molar-refractivity contribution in [2.45, 2.75) is 11.3 Å². The van der Waals surface area contributed by atoms with Crippen LogP contribution in [0.1, 0.15) is 15.9 Å². The zero-order valence-electron chi connectivity index (χ0n) is 13.1. The van der Waals surface area contributed by atoms with Crippen molar-refractivity contribution >= 4 is 21.6 Å². The summed E-state index contributed by atoms with van der Waals surface area (Å²) in [6.45, 7) is 4.33. The first-order valence-electron chi connectivity index (χ1n) is 7.64.